The number of likely N-dealkylation sites (N-methyl/N-ethyl adjacent to an activating group) is 1. The fourth-order valence-electron chi connectivity index (χ4n) is 3.26. The quantitative estimate of drug-likeness (QED) is 0.296. The van der Waals surface area contributed by atoms with Gasteiger partial charge in [-0.25, -0.2) is 9.37 Å². The summed E-state index contributed by atoms with van der Waals surface area (Å²) in [5, 5.41) is 6.03. The Bertz CT molecular complexity index is 1130. The van der Waals surface area contributed by atoms with Crippen molar-refractivity contribution in [1.82, 2.24) is 15.6 Å². The number of carbonyl (C=O) groups excluding carboxylic acids is 1. The highest BCUT2D eigenvalue weighted by Crippen LogP contribution is 2.36. The molecule has 1 atom stereocenters. The van der Waals surface area contributed by atoms with Gasteiger partial charge in [-0.15, -0.1) is 0 Å². The molecule has 6 nitrogen and oxygen atoms in total. The largest absolute Gasteiger partial charge is 0.482 e. The minimum Gasteiger partial charge on any atom is -0.482 e. The molecule has 1 amide bonds. The summed E-state index contributed by atoms with van der Waals surface area (Å²) < 4.78 is 19.8. The molecule has 3 rings (SSSR count). The Hall–Kier alpha value is -2.87. The van der Waals surface area contributed by atoms with Crippen LogP contribution in [0.15, 0.2) is 48.7 Å². The molecule has 9 heteroatoms. The van der Waals surface area contributed by atoms with Gasteiger partial charge in [0.05, 0.1) is 5.02 Å². The Labute approximate surface area is 202 Å². The van der Waals surface area contributed by atoms with Crippen molar-refractivity contribution in [2.24, 2.45) is 0 Å². The van der Waals surface area contributed by atoms with Gasteiger partial charge in [-0.2, -0.15) is 0 Å². The predicted molar refractivity (Wildman–Crippen MR) is 130 cm³/mol. The molecule has 4 N–H and O–H groups in total. The van der Waals surface area contributed by atoms with Crippen molar-refractivity contribution >= 4 is 34.9 Å². The van der Waals surface area contributed by atoms with E-state index >= 15 is 0 Å². The standard InChI is InChI=1S/C24H25Cl2FN4O2/c1-14(21-18(25)7-8-19(27)22(21)26)33-20-12-16(13-31-23(20)28)11-15-3-5-17(6-4-15)24(32)30-10-9-29-2/h3-8,12-14,29H,9-11H2,1-2H3,(H2,28,31)(H,30,32). The van der Waals surface area contributed by atoms with Gasteiger partial charge in [0, 0.05) is 35.4 Å². The van der Waals surface area contributed by atoms with Gasteiger partial charge in [0.1, 0.15) is 11.9 Å². The third-order valence-electron chi connectivity index (χ3n) is 5.01. The second-order valence-corrected chi connectivity index (χ2v) is 8.26. The van der Waals surface area contributed by atoms with Crippen molar-refractivity contribution in [3.63, 3.8) is 0 Å². The van der Waals surface area contributed by atoms with Crippen LogP contribution in [-0.2, 0) is 6.42 Å². The maximum atomic E-state index is 13.9. The summed E-state index contributed by atoms with van der Waals surface area (Å²) in [5.41, 5.74) is 8.77. The first-order valence-corrected chi connectivity index (χ1v) is 11.1. The van der Waals surface area contributed by atoms with Crippen LogP contribution in [0.5, 0.6) is 5.75 Å². The molecule has 0 radical (unpaired) electrons. The fraction of sp³-hybridized carbons (Fsp3) is 0.250. The summed E-state index contributed by atoms with van der Waals surface area (Å²) in [5.74, 6) is -0.157. The van der Waals surface area contributed by atoms with Crippen LogP contribution >= 0.6 is 23.2 Å². The Morgan fingerprint density at radius 1 is 1.15 bits per heavy atom. The normalized spacial score (nSPS) is 11.8. The summed E-state index contributed by atoms with van der Waals surface area (Å²) in [6.07, 6.45) is 1.56. The molecule has 1 aromatic heterocycles. The lowest BCUT2D eigenvalue weighted by Crippen LogP contribution is -2.30. The van der Waals surface area contributed by atoms with E-state index in [0.29, 0.717) is 41.4 Å². The van der Waals surface area contributed by atoms with E-state index in [2.05, 4.69) is 15.6 Å². The molecule has 0 spiro atoms. The zero-order valence-corrected chi connectivity index (χ0v) is 19.8. The molecule has 174 valence electrons. The van der Waals surface area contributed by atoms with E-state index in [1.54, 1.807) is 31.3 Å². The number of aromatic nitrogens is 1. The number of halogens is 3. The molecule has 0 bridgehead atoms. The Morgan fingerprint density at radius 2 is 1.88 bits per heavy atom. The first-order chi connectivity index (χ1) is 15.8. The van der Waals surface area contributed by atoms with Gasteiger partial charge in [-0.3, -0.25) is 4.79 Å². The van der Waals surface area contributed by atoms with Gasteiger partial charge in [-0.05, 0) is 61.9 Å². The van der Waals surface area contributed by atoms with Gasteiger partial charge >= 0.3 is 0 Å². The number of amides is 1. The smallest absolute Gasteiger partial charge is 0.251 e. The number of nitrogens with two attached hydrogens (primary N) is 1. The number of carbonyl (C=O) groups is 1. The van der Waals surface area contributed by atoms with Crippen molar-refractivity contribution in [1.29, 1.82) is 0 Å². The number of hydrogen-bond donors (Lipinski definition) is 3. The molecule has 3 aromatic rings. The highest BCUT2D eigenvalue weighted by atomic mass is 35.5. The van der Waals surface area contributed by atoms with Gasteiger partial charge < -0.3 is 21.1 Å². The maximum Gasteiger partial charge on any atom is 0.251 e. The number of hydrogen-bond acceptors (Lipinski definition) is 5. The second-order valence-electron chi connectivity index (χ2n) is 7.48. The van der Waals surface area contributed by atoms with Crippen molar-refractivity contribution in [2.75, 3.05) is 25.9 Å². The molecule has 0 fully saturated rings. The maximum absolute atomic E-state index is 13.9. The van der Waals surface area contributed by atoms with Crippen LogP contribution in [0, 0.1) is 5.82 Å². The van der Waals surface area contributed by atoms with Crippen LogP contribution in [0.3, 0.4) is 0 Å². The van der Waals surface area contributed by atoms with E-state index in [0.717, 1.165) is 11.1 Å². The predicted octanol–water partition coefficient (Wildman–Crippen LogP) is 4.79. The topological polar surface area (TPSA) is 89.3 Å². The molecule has 2 aromatic carbocycles. The van der Waals surface area contributed by atoms with Gasteiger partial charge in [-0.1, -0.05) is 35.3 Å². The molecular weight excluding hydrogens is 466 g/mol. The average Bonchev–Trinajstić information content (AvgIpc) is 2.79. The lowest BCUT2D eigenvalue weighted by molar-refractivity contribution is 0.0954. The van der Waals surface area contributed by atoms with Crippen LogP contribution in [0.25, 0.3) is 0 Å². The van der Waals surface area contributed by atoms with E-state index in [9.17, 15) is 9.18 Å². The average molecular weight is 491 g/mol. The van der Waals surface area contributed by atoms with Crippen LogP contribution in [0.4, 0.5) is 10.2 Å². The van der Waals surface area contributed by atoms with Gasteiger partial charge in [0.25, 0.3) is 5.91 Å². The van der Waals surface area contributed by atoms with Gasteiger partial charge in [0.15, 0.2) is 11.6 Å². The van der Waals surface area contributed by atoms with E-state index in [1.807, 2.05) is 19.2 Å². The Kier molecular flexibility index (Phi) is 8.49. The minimum atomic E-state index is -0.652. The summed E-state index contributed by atoms with van der Waals surface area (Å²) >= 11 is 12.3. The lowest BCUT2D eigenvalue weighted by atomic mass is 10.0. The monoisotopic (exact) mass is 490 g/mol. The fourth-order valence-corrected chi connectivity index (χ4v) is 3.94. The summed E-state index contributed by atoms with van der Waals surface area (Å²) in [4.78, 5) is 16.4. The lowest BCUT2D eigenvalue weighted by Gasteiger charge is -2.19. The first kappa shape index (κ1) is 24.8. The number of rotatable bonds is 9. The van der Waals surface area contributed by atoms with Crippen molar-refractivity contribution in [3.05, 3.63) is 86.8 Å². The molecule has 1 unspecified atom stereocenters. The van der Waals surface area contributed by atoms with Crippen LogP contribution in [-0.4, -0.2) is 31.0 Å². The van der Waals surface area contributed by atoms with Crippen molar-refractivity contribution < 1.29 is 13.9 Å². The van der Waals surface area contributed by atoms with E-state index < -0.39 is 11.9 Å². The second kappa shape index (κ2) is 11.3. The van der Waals surface area contributed by atoms with E-state index in [4.69, 9.17) is 33.7 Å². The summed E-state index contributed by atoms with van der Waals surface area (Å²) in [7, 11) is 1.83. The highest BCUT2D eigenvalue weighted by molar-refractivity contribution is 6.36. The Morgan fingerprint density at radius 3 is 2.58 bits per heavy atom. The number of benzene rings is 2. The molecule has 0 aliphatic heterocycles. The SMILES string of the molecule is CNCCNC(=O)c1ccc(Cc2cnc(N)c(OC(C)c3c(Cl)ccc(F)c3Cl)c2)cc1. The number of nitrogens with one attached hydrogen (secondary N) is 2. The van der Waals surface area contributed by atoms with Gasteiger partial charge in [0.2, 0.25) is 0 Å². The number of ether oxygens (including phenoxy) is 1. The zero-order valence-electron chi connectivity index (χ0n) is 18.3. The third-order valence-corrected chi connectivity index (χ3v) is 5.73. The van der Waals surface area contributed by atoms with Crippen molar-refractivity contribution in [2.45, 2.75) is 19.4 Å². The minimum absolute atomic E-state index is 0.0900. The first-order valence-electron chi connectivity index (χ1n) is 10.4. The highest BCUT2D eigenvalue weighted by Gasteiger charge is 2.20. The molecule has 0 saturated heterocycles. The zero-order chi connectivity index (χ0) is 24.0. The number of pyridine rings is 1. The molecule has 0 aliphatic carbocycles. The summed E-state index contributed by atoms with van der Waals surface area (Å²) in [6, 6.07) is 11.7. The number of nitrogens with zero attached hydrogens (tertiary/aromatic N) is 1. The number of nitrogen functional groups attached to an aromatic ring is 1. The number of anilines is 1. The molecule has 1 heterocycles. The third kappa shape index (κ3) is 6.35. The van der Waals surface area contributed by atoms with Crippen LogP contribution < -0.4 is 21.1 Å². The molecule has 0 aliphatic rings. The Balaban J connectivity index is 1.72. The summed E-state index contributed by atoms with van der Waals surface area (Å²) in [6.45, 7) is 2.97. The van der Waals surface area contributed by atoms with E-state index in [-0.39, 0.29) is 16.7 Å². The van der Waals surface area contributed by atoms with Crippen molar-refractivity contribution in [3.8, 4) is 5.75 Å². The van der Waals surface area contributed by atoms with Crippen LogP contribution in [0.1, 0.15) is 40.1 Å². The molecular formula is C24H25Cl2FN4O2. The molecule has 0 saturated carbocycles. The van der Waals surface area contributed by atoms with Crippen LogP contribution in [0.2, 0.25) is 10.0 Å². The molecule has 33 heavy (non-hydrogen) atoms. The van der Waals surface area contributed by atoms with E-state index in [1.165, 1.54) is 12.1 Å².